The van der Waals surface area contributed by atoms with Crippen molar-refractivity contribution < 1.29 is 14.3 Å². The van der Waals surface area contributed by atoms with Crippen LogP contribution in [-0.2, 0) is 9.53 Å². The summed E-state index contributed by atoms with van der Waals surface area (Å²) in [6, 6.07) is 10.3. The highest BCUT2D eigenvalue weighted by atomic mass is 16.6. The first-order valence-corrected chi connectivity index (χ1v) is 9.36. The quantitative estimate of drug-likeness (QED) is 0.609. The van der Waals surface area contributed by atoms with Crippen LogP contribution < -0.4 is 4.74 Å². The van der Waals surface area contributed by atoms with E-state index in [0.29, 0.717) is 18.7 Å². The van der Waals surface area contributed by atoms with Gasteiger partial charge in [0.1, 0.15) is 12.4 Å². The Morgan fingerprint density at radius 1 is 1.27 bits per heavy atom. The summed E-state index contributed by atoms with van der Waals surface area (Å²) < 4.78 is 11.6. The molecule has 2 bridgehead atoms. The number of fused-ring (bicyclic) bond motifs is 3. The van der Waals surface area contributed by atoms with Crippen molar-refractivity contribution in [3.8, 4) is 17.6 Å². The first-order valence-electron chi connectivity index (χ1n) is 9.36. The fourth-order valence-electron chi connectivity index (χ4n) is 4.94. The number of esters is 1. The van der Waals surface area contributed by atoms with E-state index < -0.39 is 5.60 Å². The van der Waals surface area contributed by atoms with Crippen molar-refractivity contribution in [3.05, 3.63) is 53.6 Å². The summed E-state index contributed by atoms with van der Waals surface area (Å²) >= 11 is 0. The van der Waals surface area contributed by atoms with Gasteiger partial charge >= 0.3 is 5.97 Å². The van der Waals surface area contributed by atoms with Crippen LogP contribution in [0, 0.1) is 11.8 Å². The number of hydrogen-bond acceptors (Lipinski definition) is 4. The topological polar surface area (TPSA) is 38.8 Å². The molecule has 3 heterocycles. The lowest BCUT2D eigenvalue weighted by Crippen LogP contribution is -2.48. The van der Waals surface area contributed by atoms with Crippen molar-refractivity contribution in [2.24, 2.45) is 0 Å². The molecule has 1 aromatic carbocycles. The molecule has 3 atom stereocenters. The summed E-state index contributed by atoms with van der Waals surface area (Å²) in [5, 5.41) is 0. The summed E-state index contributed by atoms with van der Waals surface area (Å²) in [5.41, 5.74) is 1.46. The van der Waals surface area contributed by atoms with Gasteiger partial charge < -0.3 is 9.47 Å². The molecule has 132 valence electrons. The number of rotatable bonds is 2. The summed E-state index contributed by atoms with van der Waals surface area (Å²) in [4.78, 5) is 14.6. The lowest BCUT2D eigenvalue weighted by atomic mass is 9.77. The van der Waals surface area contributed by atoms with Crippen LogP contribution in [0.15, 0.2) is 53.6 Å². The lowest BCUT2D eigenvalue weighted by Gasteiger charge is -2.38. The van der Waals surface area contributed by atoms with E-state index in [1.807, 2.05) is 30.3 Å². The van der Waals surface area contributed by atoms with E-state index in [-0.39, 0.29) is 5.97 Å². The minimum absolute atomic E-state index is 0.221. The predicted octanol–water partition coefficient (Wildman–Crippen LogP) is 2.86. The standard InChI is InChI=1S/C22H21NO3/c24-21-14-19-16(7-6-12-25-18-8-2-1-3-9-18)13-17-15-22(19,26-21)20-10-4-5-11-23(17)20/h1-3,8-9,13-14,17,20H,4-5,10-12,15H2. The molecule has 0 amide bonds. The number of benzene rings is 1. The molecule has 3 aliphatic heterocycles. The van der Waals surface area contributed by atoms with Crippen molar-refractivity contribution in [1.82, 2.24) is 4.90 Å². The van der Waals surface area contributed by atoms with Gasteiger partial charge in [0.25, 0.3) is 0 Å². The highest BCUT2D eigenvalue weighted by Gasteiger charge is 2.61. The Balaban J connectivity index is 1.40. The van der Waals surface area contributed by atoms with E-state index in [4.69, 9.17) is 9.47 Å². The van der Waals surface area contributed by atoms with Gasteiger partial charge in [-0.2, -0.15) is 0 Å². The number of carbonyl (C=O) groups excluding carboxylic acids is 1. The minimum Gasteiger partial charge on any atom is -0.481 e. The highest BCUT2D eigenvalue weighted by Crippen LogP contribution is 2.53. The first kappa shape index (κ1) is 15.7. The number of piperidine rings is 1. The minimum atomic E-state index is -0.471. The molecule has 1 aromatic rings. The molecule has 0 saturated carbocycles. The Labute approximate surface area is 153 Å². The summed E-state index contributed by atoms with van der Waals surface area (Å²) in [5.74, 6) is 6.95. The van der Waals surface area contributed by atoms with Gasteiger partial charge in [0.2, 0.25) is 0 Å². The molecule has 4 aliphatic rings. The SMILES string of the molecule is O=C1C=C2C(C#CCOc3ccccc3)=CC3CC2(O1)C1CCCCN31. The first-order chi connectivity index (χ1) is 12.8. The zero-order valence-electron chi connectivity index (χ0n) is 14.6. The largest absolute Gasteiger partial charge is 0.481 e. The second kappa shape index (κ2) is 6.03. The average Bonchev–Trinajstić information content (AvgIpc) is 3.15. The Hall–Kier alpha value is -2.51. The van der Waals surface area contributed by atoms with Gasteiger partial charge in [0.15, 0.2) is 5.60 Å². The molecule has 0 aromatic heterocycles. The fraction of sp³-hybridized carbons (Fsp3) is 0.409. The number of hydrogen-bond donors (Lipinski definition) is 0. The molecule has 4 heteroatoms. The van der Waals surface area contributed by atoms with Crippen LogP contribution in [-0.4, -0.2) is 41.7 Å². The molecule has 5 rings (SSSR count). The molecule has 26 heavy (non-hydrogen) atoms. The van der Waals surface area contributed by atoms with Gasteiger partial charge in [-0.05, 0) is 31.5 Å². The van der Waals surface area contributed by atoms with Crippen molar-refractivity contribution in [2.45, 2.75) is 43.4 Å². The van der Waals surface area contributed by atoms with Gasteiger partial charge in [-0.1, -0.05) is 42.5 Å². The molecule has 2 fully saturated rings. The van der Waals surface area contributed by atoms with E-state index in [0.717, 1.165) is 36.3 Å². The molecule has 1 aliphatic carbocycles. The average molecular weight is 347 g/mol. The van der Waals surface area contributed by atoms with Crippen molar-refractivity contribution in [3.63, 3.8) is 0 Å². The molecule has 4 nitrogen and oxygen atoms in total. The molecular weight excluding hydrogens is 326 g/mol. The second-order valence-electron chi connectivity index (χ2n) is 7.37. The van der Waals surface area contributed by atoms with Gasteiger partial charge in [0.05, 0.1) is 6.04 Å². The van der Waals surface area contributed by atoms with Crippen LogP contribution in [0.1, 0.15) is 25.7 Å². The van der Waals surface area contributed by atoms with Crippen LogP contribution in [0.4, 0.5) is 0 Å². The van der Waals surface area contributed by atoms with E-state index in [1.54, 1.807) is 6.08 Å². The fourth-order valence-corrected chi connectivity index (χ4v) is 4.94. The summed E-state index contributed by atoms with van der Waals surface area (Å²) in [6.45, 7) is 1.41. The molecular formula is C22H21NO3. The predicted molar refractivity (Wildman–Crippen MR) is 97.5 cm³/mol. The monoisotopic (exact) mass is 347 g/mol. The van der Waals surface area contributed by atoms with Crippen LogP contribution in [0.3, 0.4) is 0 Å². The van der Waals surface area contributed by atoms with Gasteiger partial charge in [-0.15, -0.1) is 0 Å². The normalized spacial score (nSPS) is 31.8. The Kier molecular flexibility index (Phi) is 3.65. The third-order valence-corrected chi connectivity index (χ3v) is 5.95. The smallest absolute Gasteiger partial charge is 0.332 e. The summed E-state index contributed by atoms with van der Waals surface area (Å²) in [7, 11) is 0. The number of ether oxygens (including phenoxy) is 2. The molecule has 1 spiro atoms. The van der Waals surface area contributed by atoms with Crippen molar-refractivity contribution in [1.29, 1.82) is 0 Å². The highest BCUT2D eigenvalue weighted by molar-refractivity contribution is 5.90. The third-order valence-electron chi connectivity index (χ3n) is 5.95. The zero-order chi connectivity index (χ0) is 17.6. The molecule has 3 unspecified atom stereocenters. The molecule has 2 saturated heterocycles. The van der Waals surface area contributed by atoms with Crippen LogP contribution in [0.5, 0.6) is 5.75 Å². The summed E-state index contributed by atoms with van der Waals surface area (Å²) in [6.07, 6.45) is 8.27. The van der Waals surface area contributed by atoms with Crippen molar-refractivity contribution >= 4 is 5.97 Å². The maximum Gasteiger partial charge on any atom is 0.332 e. The van der Waals surface area contributed by atoms with E-state index in [1.165, 1.54) is 12.8 Å². The van der Waals surface area contributed by atoms with Gasteiger partial charge in [-0.25, -0.2) is 4.79 Å². The third kappa shape index (κ3) is 2.39. The Morgan fingerprint density at radius 3 is 3.04 bits per heavy atom. The maximum atomic E-state index is 12.1. The van der Waals surface area contributed by atoms with E-state index in [9.17, 15) is 4.79 Å². The number of nitrogens with zero attached hydrogens (tertiary/aromatic N) is 1. The zero-order valence-corrected chi connectivity index (χ0v) is 14.6. The molecule has 0 radical (unpaired) electrons. The van der Waals surface area contributed by atoms with Crippen molar-refractivity contribution in [2.75, 3.05) is 13.2 Å². The lowest BCUT2D eigenvalue weighted by molar-refractivity contribution is -0.148. The Bertz CT molecular complexity index is 860. The second-order valence-corrected chi connectivity index (χ2v) is 7.37. The maximum absolute atomic E-state index is 12.1. The van der Waals surface area contributed by atoms with E-state index in [2.05, 4.69) is 22.8 Å². The van der Waals surface area contributed by atoms with E-state index >= 15 is 0 Å². The number of para-hydroxylation sites is 1. The molecule has 0 N–H and O–H groups in total. The van der Waals surface area contributed by atoms with Crippen LogP contribution in [0.25, 0.3) is 0 Å². The van der Waals surface area contributed by atoms with Crippen LogP contribution in [0.2, 0.25) is 0 Å². The van der Waals surface area contributed by atoms with Crippen LogP contribution >= 0.6 is 0 Å². The van der Waals surface area contributed by atoms with Gasteiger partial charge in [-0.3, -0.25) is 4.90 Å². The Morgan fingerprint density at radius 2 is 2.15 bits per heavy atom. The van der Waals surface area contributed by atoms with Gasteiger partial charge in [0, 0.05) is 29.7 Å². The number of carbonyl (C=O) groups is 1.